The summed E-state index contributed by atoms with van der Waals surface area (Å²) in [5.41, 5.74) is 0. The fourth-order valence-corrected chi connectivity index (χ4v) is 3.11. The molecule has 2 unspecified atom stereocenters. The highest BCUT2D eigenvalue weighted by Crippen LogP contribution is 2.19. The van der Waals surface area contributed by atoms with Gasteiger partial charge in [-0.1, -0.05) is 13.8 Å². The van der Waals surface area contributed by atoms with E-state index in [9.17, 15) is 0 Å². The summed E-state index contributed by atoms with van der Waals surface area (Å²) in [6.45, 7) is 14.5. The molecule has 106 valence electrons. The first-order valence-electron chi connectivity index (χ1n) is 7.86. The van der Waals surface area contributed by atoms with Gasteiger partial charge in [0.25, 0.3) is 0 Å². The Morgan fingerprint density at radius 1 is 1.11 bits per heavy atom. The average molecular weight is 253 g/mol. The predicted octanol–water partition coefficient (Wildman–Crippen LogP) is 1.79. The molecule has 0 spiro atoms. The molecule has 1 N–H and O–H groups in total. The highest BCUT2D eigenvalue weighted by Gasteiger charge is 2.28. The fourth-order valence-electron chi connectivity index (χ4n) is 3.11. The quantitative estimate of drug-likeness (QED) is 0.778. The number of hydrogen-bond donors (Lipinski definition) is 1. The van der Waals surface area contributed by atoms with E-state index in [-0.39, 0.29) is 0 Å². The minimum atomic E-state index is 0.641. The van der Waals surface area contributed by atoms with Crippen LogP contribution in [0.1, 0.15) is 40.0 Å². The van der Waals surface area contributed by atoms with Gasteiger partial charge in [0.05, 0.1) is 0 Å². The molecule has 2 fully saturated rings. The van der Waals surface area contributed by atoms with E-state index in [2.05, 4.69) is 35.9 Å². The van der Waals surface area contributed by atoms with E-state index >= 15 is 0 Å². The van der Waals surface area contributed by atoms with Crippen molar-refractivity contribution in [3.8, 4) is 0 Å². The van der Waals surface area contributed by atoms with Gasteiger partial charge in [-0.3, -0.25) is 4.90 Å². The van der Waals surface area contributed by atoms with Crippen LogP contribution in [0.25, 0.3) is 0 Å². The summed E-state index contributed by atoms with van der Waals surface area (Å²) in [6.07, 6.45) is 4.23. The van der Waals surface area contributed by atoms with Crippen LogP contribution in [0, 0.1) is 5.92 Å². The zero-order chi connectivity index (χ0) is 13.0. The molecular weight excluding hydrogens is 222 g/mol. The lowest BCUT2D eigenvalue weighted by atomic mass is 10.1. The first kappa shape index (κ1) is 14.3. The highest BCUT2D eigenvalue weighted by atomic mass is 15.3. The SMILES string of the molecule is CC(C)C(C)NCCN1CCC(N2CCCC2)C1. The van der Waals surface area contributed by atoms with Gasteiger partial charge in [0.2, 0.25) is 0 Å². The summed E-state index contributed by atoms with van der Waals surface area (Å²) in [4.78, 5) is 5.35. The number of likely N-dealkylation sites (tertiary alicyclic amines) is 2. The first-order valence-corrected chi connectivity index (χ1v) is 7.86. The van der Waals surface area contributed by atoms with E-state index in [1.54, 1.807) is 0 Å². The largest absolute Gasteiger partial charge is 0.313 e. The molecule has 2 heterocycles. The van der Waals surface area contributed by atoms with Crippen LogP contribution in [0.4, 0.5) is 0 Å². The molecular formula is C15H31N3. The summed E-state index contributed by atoms with van der Waals surface area (Å²) in [5.74, 6) is 0.737. The Morgan fingerprint density at radius 2 is 1.83 bits per heavy atom. The Bertz CT molecular complexity index is 236. The number of nitrogens with zero attached hydrogens (tertiary/aromatic N) is 2. The van der Waals surface area contributed by atoms with Crippen LogP contribution in [0.15, 0.2) is 0 Å². The minimum absolute atomic E-state index is 0.641. The average Bonchev–Trinajstić information content (AvgIpc) is 2.98. The molecule has 2 aliphatic rings. The van der Waals surface area contributed by atoms with E-state index in [1.807, 2.05) is 0 Å². The molecule has 18 heavy (non-hydrogen) atoms. The second-order valence-corrected chi connectivity index (χ2v) is 6.47. The lowest BCUT2D eigenvalue weighted by Gasteiger charge is -2.24. The topological polar surface area (TPSA) is 18.5 Å². The molecule has 3 nitrogen and oxygen atoms in total. The molecule has 0 aliphatic carbocycles. The number of hydrogen-bond acceptors (Lipinski definition) is 3. The van der Waals surface area contributed by atoms with Crippen LogP contribution in [0.2, 0.25) is 0 Å². The van der Waals surface area contributed by atoms with Gasteiger partial charge in [0.1, 0.15) is 0 Å². The molecule has 2 aliphatic heterocycles. The molecule has 0 radical (unpaired) electrons. The van der Waals surface area contributed by atoms with E-state index in [0.29, 0.717) is 6.04 Å². The molecule has 2 saturated heterocycles. The third kappa shape index (κ3) is 3.94. The van der Waals surface area contributed by atoms with Crippen LogP contribution in [0.3, 0.4) is 0 Å². The zero-order valence-electron chi connectivity index (χ0n) is 12.5. The highest BCUT2D eigenvalue weighted by molar-refractivity contribution is 4.85. The second kappa shape index (κ2) is 6.88. The van der Waals surface area contributed by atoms with Crippen molar-refractivity contribution in [2.45, 2.75) is 52.1 Å². The summed E-state index contributed by atoms with van der Waals surface area (Å²) >= 11 is 0. The summed E-state index contributed by atoms with van der Waals surface area (Å²) in [6, 6.07) is 1.50. The van der Waals surface area contributed by atoms with Crippen molar-refractivity contribution in [3.63, 3.8) is 0 Å². The second-order valence-electron chi connectivity index (χ2n) is 6.47. The standard InChI is InChI=1S/C15H31N3/c1-13(2)14(3)16-7-11-17-10-6-15(12-17)18-8-4-5-9-18/h13-16H,4-12H2,1-3H3. The molecule has 2 atom stereocenters. The predicted molar refractivity (Wildman–Crippen MR) is 78.0 cm³/mol. The Balaban J connectivity index is 1.60. The van der Waals surface area contributed by atoms with Crippen molar-refractivity contribution in [1.82, 2.24) is 15.1 Å². The molecule has 0 aromatic rings. The first-order chi connectivity index (χ1) is 8.66. The van der Waals surface area contributed by atoms with Crippen LogP contribution in [0.5, 0.6) is 0 Å². The van der Waals surface area contributed by atoms with Gasteiger partial charge in [-0.25, -0.2) is 0 Å². The zero-order valence-corrected chi connectivity index (χ0v) is 12.5. The summed E-state index contributed by atoms with van der Waals surface area (Å²) in [5, 5.41) is 3.64. The molecule has 3 heteroatoms. The van der Waals surface area contributed by atoms with Gasteiger partial charge in [0.15, 0.2) is 0 Å². The monoisotopic (exact) mass is 253 g/mol. The van der Waals surface area contributed by atoms with Gasteiger partial charge in [-0.05, 0) is 51.7 Å². The maximum atomic E-state index is 3.64. The van der Waals surface area contributed by atoms with E-state index in [0.717, 1.165) is 18.5 Å². The van der Waals surface area contributed by atoms with Gasteiger partial charge < -0.3 is 10.2 Å². The van der Waals surface area contributed by atoms with Gasteiger partial charge in [-0.2, -0.15) is 0 Å². The number of rotatable bonds is 6. The van der Waals surface area contributed by atoms with Gasteiger partial charge in [-0.15, -0.1) is 0 Å². The van der Waals surface area contributed by atoms with E-state index in [4.69, 9.17) is 0 Å². The Kier molecular flexibility index (Phi) is 5.46. The maximum Gasteiger partial charge on any atom is 0.0235 e. The van der Waals surface area contributed by atoms with Gasteiger partial charge in [0, 0.05) is 31.7 Å². The van der Waals surface area contributed by atoms with E-state index in [1.165, 1.54) is 52.0 Å². The Hall–Kier alpha value is -0.120. The lowest BCUT2D eigenvalue weighted by Crippen LogP contribution is -2.39. The molecule has 0 saturated carbocycles. The van der Waals surface area contributed by atoms with Crippen LogP contribution in [-0.2, 0) is 0 Å². The fraction of sp³-hybridized carbons (Fsp3) is 1.00. The normalized spacial score (nSPS) is 28.3. The molecule has 0 aromatic heterocycles. The molecule has 0 amide bonds. The molecule has 0 aromatic carbocycles. The molecule has 2 rings (SSSR count). The van der Waals surface area contributed by atoms with Crippen molar-refractivity contribution in [3.05, 3.63) is 0 Å². The van der Waals surface area contributed by atoms with E-state index < -0.39 is 0 Å². The third-order valence-corrected chi connectivity index (χ3v) is 4.80. The smallest absolute Gasteiger partial charge is 0.0235 e. The van der Waals surface area contributed by atoms with Crippen molar-refractivity contribution in [1.29, 1.82) is 0 Å². The summed E-state index contributed by atoms with van der Waals surface area (Å²) in [7, 11) is 0. The van der Waals surface area contributed by atoms with Crippen molar-refractivity contribution >= 4 is 0 Å². The minimum Gasteiger partial charge on any atom is -0.313 e. The van der Waals surface area contributed by atoms with Crippen molar-refractivity contribution in [2.75, 3.05) is 39.3 Å². The number of nitrogens with one attached hydrogen (secondary N) is 1. The Labute approximate surface area is 113 Å². The lowest BCUT2D eigenvalue weighted by molar-refractivity contribution is 0.231. The maximum absolute atomic E-state index is 3.64. The van der Waals surface area contributed by atoms with Crippen LogP contribution >= 0.6 is 0 Å². The van der Waals surface area contributed by atoms with Crippen molar-refractivity contribution in [2.24, 2.45) is 5.92 Å². The van der Waals surface area contributed by atoms with Crippen molar-refractivity contribution < 1.29 is 0 Å². The van der Waals surface area contributed by atoms with Gasteiger partial charge >= 0.3 is 0 Å². The van der Waals surface area contributed by atoms with Crippen LogP contribution < -0.4 is 5.32 Å². The third-order valence-electron chi connectivity index (χ3n) is 4.80. The summed E-state index contributed by atoms with van der Waals surface area (Å²) < 4.78 is 0. The van der Waals surface area contributed by atoms with Crippen LogP contribution in [-0.4, -0.2) is 61.2 Å². The Morgan fingerprint density at radius 3 is 2.50 bits per heavy atom. The molecule has 0 bridgehead atoms.